The molecule has 2 rings (SSSR count). The van der Waals surface area contributed by atoms with E-state index < -0.39 is 24.1 Å². The van der Waals surface area contributed by atoms with Crippen molar-refractivity contribution in [1.82, 2.24) is 10.1 Å². The molecule has 20 heavy (non-hydrogen) atoms. The fourth-order valence-electron chi connectivity index (χ4n) is 2.18. The van der Waals surface area contributed by atoms with E-state index in [2.05, 4.69) is 0 Å². The standard InChI is InChI=1S/C12H20N2O6/c15-9(11(17)19-13-5-1-2-6-13)10(16)12(18)20-14-7-3-4-8-14/h9-10,15-16H,1-8H2/t9-,10-/m1/s1. The molecule has 2 aliphatic rings. The topological polar surface area (TPSA) is 99.5 Å². The highest BCUT2D eigenvalue weighted by Gasteiger charge is 2.36. The molecule has 114 valence electrons. The van der Waals surface area contributed by atoms with Crippen molar-refractivity contribution < 1.29 is 29.5 Å². The van der Waals surface area contributed by atoms with Gasteiger partial charge in [-0.3, -0.25) is 0 Å². The second kappa shape index (κ2) is 6.98. The Morgan fingerprint density at radius 3 is 1.35 bits per heavy atom. The predicted molar refractivity (Wildman–Crippen MR) is 65.8 cm³/mol. The van der Waals surface area contributed by atoms with Crippen LogP contribution >= 0.6 is 0 Å². The molecule has 0 unspecified atom stereocenters. The summed E-state index contributed by atoms with van der Waals surface area (Å²) in [6, 6.07) is 0. The maximum Gasteiger partial charge on any atom is 0.357 e. The van der Waals surface area contributed by atoms with Crippen LogP contribution in [0.25, 0.3) is 0 Å². The van der Waals surface area contributed by atoms with E-state index in [-0.39, 0.29) is 0 Å². The van der Waals surface area contributed by atoms with Crippen LogP contribution in [0, 0.1) is 0 Å². The van der Waals surface area contributed by atoms with E-state index in [4.69, 9.17) is 9.68 Å². The Morgan fingerprint density at radius 1 is 0.750 bits per heavy atom. The molecule has 8 heteroatoms. The third kappa shape index (κ3) is 3.89. The Kier molecular flexibility index (Phi) is 5.30. The minimum Gasteiger partial charge on any atom is -0.379 e. The molecule has 0 amide bonds. The Balaban J connectivity index is 1.78. The molecule has 2 aliphatic heterocycles. The van der Waals surface area contributed by atoms with Gasteiger partial charge in [-0.15, -0.1) is 10.1 Å². The minimum absolute atomic E-state index is 0.590. The number of aliphatic hydroxyl groups is 2. The lowest BCUT2D eigenvalue weighted by molar-refractivity contribution is -0.214. The fourth-order valence-corrected chi connectivity index (χ4v) is 2.18. The van der Waals surface area contributed by atoms with Gasteiger partial charge in [0.2, 0.25) is 0 Å². The summed E-state index contributed by atoms with van der Waals surface area (Å²) in [5, 5.41) is 22.1. The smallest absolute Gasteiger partial charge is 0.357 e. The van der Waals surface area contributed by atoms with Crippen molar-refractivity contribution in [1.29, 1.82) is 0 Å². The lowest BCUT2D eigenvalue weighted by atomic mass is 10.2. The van der Waals surface area contributed by atoms with Crippen molar-refractivity contribution in [3.8, 4) is 0 Å². The van der Waals surface area contributed by atoms with Gasteiger partial charge in [-0.1, -0.05) is 0 Å². The average Bonchev–Trinajstić information content (AvgIpc) is 3.10. The molecule has 0 saturated carbocycles. The summed E-state index contributed by atoms with van der Waals surface area (Å²) in [4.78, 5) is 32.9. The Bertz CT molecular complexity index is 318. The quantitative estimate of drug-likeness (QED) is 0.652. The van der Waals surface area contributed by atoms with Gasteiger partial charge in [0.25, 0.3) is 0 Å². The largest absolute Gasteiger partial charge is 0.379 e. The molecule has 2 fully saturated rings. The van der Waals surface area contributed by atoms with Crippen LogP contribution < -0.4 is 0 Å². The van der Waals surface area contributed by atoms with Crippen LogP contribution in [0.5, 0.6) is 0 Å². The van der Waals surface area contributed by atoms with Crippen LogP contribution in [-0.4, -0.2) is 70.7 Å². The zero-order valence-electron chi connectivity index (χ0n) is 11.2. The minimum atomic E-state index is -1.94. The molecule has 0 aromatic heterocycles. The third-order valence-electron chi connectivity index (χ3n) is 3.35. The van der Waals surface area contributed by atoms with Crippen LogP contribution in [0.4, 0.5) is 0 Å². The van der Waals surface area contributed by atoms with Crippen molar-refractivity contribution in [3.05, 3.63) is 0 Å². The SMILES string of the molecule is O=C(ON1CCCC1)[C@H](O)[C@@H](O)C(=O)ON1CCCC1. The maximum absolute atomic E-state index is 11.6. The number of hydroxylamine groups is 4. The molecule has 0 aromatic rings. The summed E-state index contributed by atoms with van der Waals surface area (Å²) in [5.41, 5.74) is 0. The van der Waals surface area contributed by atoms with E-state index in [1.165, 1.54) is 10.1 Å². The molecular formula is C12H20N2O6. The fraction of sp³-hybridized carbons (Fsp3) is 0.833. The molecule has 0 radical (unpaired) electrons. The number of aliphatic hydroxyl groups excluding tert-OH is 2. The monoisotopic (exact) mass is 288 g/mol. The molecular weight excluding hydrogens is 268 g/mol. The van der Waals surface area contributed by atoms with Crippen molar-refractivity contribution in [3.63, 3.8) is 0 Å². The van der Waals surface area contributed by atoms with Crippen LogP contribution in [0.3, 0.4) is 0 Å². The molecule has 2 N–H and O–H groups in total. The van der Waals surface area contributed by atoms with E-state index in [9.17, 15) is 19.8 Å². The van der Waals surface area contributed by atoms with Gasteiger partial charge in [0.1, 0.15) is 0 Å². The van der Waals surface area contributed by atoms with Gasteiger partial charge in [0.15, 0.2) is 12.2 Å². The predicted octanol–water partition coefficient (Wildman–Crippen LogP) is -1.18. The number of carbonyl (C=O) groups excluding carboxylic acids is 2. The van der Waals surface area contributed by atoms with Crippen LogP contribution in [0.15, 0.2) is 0 Å². The molecule has 0 bridgehead atoms. The first-order chi connectivity index (χ1) is 9.58. The summed E-state index contributed by atoms with van der Waals surface area (Å²) < 4.78 is 0. The van der Waals surface area contributed by atoms with Crippen LogP contribution in [-0.2, 0) is 19.3 Å². The summed E-state index contributed by atoms with van der Waals surface area (Å²) in [5.74, 6) is -2.09. The lowest BCUT2D eigenvalue weighted by Crippen LogP contribution is -2.45. The van der Waals surface area contributed by atoms with E-state index in [1.807, 2.05) is 0 Å². The maximum atomic E-state index is 11.6. The molecule has 2 saturated heterocycles. The zero-order valence-corrected chi connectivity index (χ0v) is 11.2. The number of nitrogens with zero attached hydrogens (tertiary/aromatic N) is 2. The van der Waals surface area contributed by atoms with E-state index >= 15 is 0 Å². The van der Waals surface area contributed by atoms with E-state index in [1.54, 1.807) is 0 Å². The highest BCUT2D eigenvalue weighted by molar-refractivity contribution is 5.84. The van der Waals surface area contributed by atoms with Gasteiger partial charge >= 0.3 is 11.9 Å². The second-order valence-electron chi connectivity index (χ2n) is 4.98. The van der Waals surface area contributed by atoms with Crippen molar-refractivity contribution >= 4 is 11.9 Å². The molecule has 0 spiro atoms. The lowest BCUT2D eigenvalue weighted by Gasteiger charge is -2.21. The third-order valence-corrected chi connectivity index (χ3v) is 3.35. The van der Waals surface area contributed by atoms with Gasteiger partial charge in [-0.25, -0.2) is 9.59 Å². The number of hydrogen-bond donors (Lipinski definition) is 2. The Hall–Kier alpha value is -1.22. The second-order valence-corrected chi connectivity index (χ2v) is 4.98. The average molecular weight is 288 g/mol. The first-order valence-corrected chi connectivity index (χ1v) is 6.87. The first kappa shape index (κ1) is 15.2. The van der Waals surface area contributed by atoms with E-state index in [0.717, 1.165) is 25.7 Å². The van der Waals surface area contributed by atoms with Gasteiger partial charge < -0.3 is 19.9 Å². The molecule has 0 aromatic carbocycles. The van der Waals surface area contributed by atoms with Crippen LogP contribution in [0.2, 0.25) is 0 Å². The zero-order chi connectivity index (χ0) is 14.5. The van der Waals surface area contributed by atoms with Gasteiger partial charge in [-0.05, 0) is 25.7 Å². The molecule has 2 heterocycles. The summed E-state index contributed by atoms with van der Waals surface area (Å²) >= 11 is 0. The number of carbonyl (C=O) groups is 2. The molecule has 8 nitrogen and oxygen atoms in total. The first-order valence-electron chi connectivity index (χ1n) is 6.87. The van der Waals surface area contributed by atoms with Gasteiger partial charge in [-0.2, -0.15) is 0 Å². The molecule has 2 atom stereocenters. The number of rotatable bonds is 5. The van der Waals surface area contributed by atoms with Crippen LogP contribution in [0.1, 0.15) is 25.7 Å². The Morgan fingerprint density at radius 2 is 1.05 bits per heavy atom. The van der Waals surface area contributed by atoms with Crippen molar-refractivity contribution in [2.75, 3.05) is 26.2 Å². The normalized spacial score (nSPS) is 23.5. The number of hydrogen-bond acceptors (Lipinski definition) is 8. The summed E-state index contributed by atoms with van der Waals surface area (Å²) in [6.07, 6.45) is -0.256. The molecule has 0 aliphatic carbocycles. The van der Waals surface area contributed by atoms with Gasteiger partial charge in [0, 0.05) is 26.2 Å². The van der Waals surface area contributed by atoms with Crippen molar-refractivity contribution in [2.45, 2.75) is 37.9 Å². The van der Waals surface area contributed by atoms with E-state index in [0.29, 0.717) is 26.2 Å². The summed E-state index contributed by atoms with van der Waals surface area (Å²) in [6.45, 7) is 2.36. The highest BCUT2D eigenvalue weighted by atomic mass is 16.7. The Labute approximate surface area is 116 Å². The van der Waals surface area contributed by atoms with Crippen molar-refractivity contribution in [2.24, 2.45) is 0 Å². The highest BCUT2D eigenvalue weighted by Crippen LogP contribution is 2.12. The summed E-state index contributed by atoms with van der Waals surface area (Å²) in [7, 11) is 0. The van der Waals surface area contributed by atoms with Gasteiger partial charge in [0.05, 0.1) is 0 Å².